The summed E-state index contributed by atoms with van der Waals surface area (Å²) in [7, 11) is 0. The predicted octanol–water partition coefficient (Wildman–Crippen LogP) is 2.06. The number of carbonyl (C=O) groups excluding carboxylic acids is 2. The van der Waals surface area contributed by atoms with E-state index >= 15 is 0 Å². The normalized spacial score (nSPS) is 11.4. The van der Waals surface area contributed by atoms with E-state index in [2.05, 4.69) is 6.58 Å². The van der Waals surface area contributed by atoms with Gasteiger partial charge in [0.2, 0.25) is 0 Å². The Bertz CT molecular complexity index is 262. The van der Waals surface area contributed by atoms with Crippen molar-refractivity contribution in [3.05, 3.63) is 12.8 Å². The van der Waals surface area contributed by atoms with E-state index in [-0.39, 0.29) is 37.5 Å². The maximum absolute atomic E-state index is 11.3. The lowest BCUT2D eigenvalue weighted by Gasteiger charge is -2.09. The van der Waals surface area contributed by atoms with Crippen LogP contribution in [-0.2, 0) is 23.8 Å². The lowest BCUT2D eigenvalue weighted by Crippen LogP contribution is -2.18. The summed E-state index contributed by atoms with van der Waals surface area (Å²) < 4.78 is 14.7. The molecule has 0 fully saturated rings. The molecule has 5 nitrogen and oxygen atoms in total. The van der Waals surface area contributed by atoms with Crippen LogP contribution in [0.25, 0.3) is 0 Å². The monoisotopic (exact) mass is 258 g/mol. The van der Waals surface area contributed by atoms with Gasteiger partial charge in [-0.15, -0.1) is 0 Å². The Morgan fingerprint density at radius 3 is 2.50 bits per heavy atom. The smallest absolute Gasteiger partial charge is 0.308 e. The summed E-state index contributed by atoms with van der Waals surface area (Å²) in [5.41, 5.74) is 0. The second kappa shape index (κ2) is 10.6. The average molecular weight is 258 g/mol. The third kappa shape index (κ3) is 8.61. The highest BCUT2D eigenvalue weighted by molar-refractivity contribution is 5.72. The fourth-order valence-electron chi connectivity index (χ4n) is 1.06. The SMILES string of the molecule is C=COCCCC(=O)OCCOC(=O)C(C)CC. The van der Waals surface area contributed by atoms with Crippen LogP contribution in [0.5, 0.6) is 0 Å². The van der Waals surface area contributed by atoms with Crippen LogP contribution in [0.3, 0.4) is 0 Å². The highest BCUT2D eigenvalue weighted by Gasteiger charge is 2.11. The molecule has 0 aliphatic heterocycles. The van der Waals surface area contributed by atoms with Gasteiger partial charge < -0.3 is 14.2 Å². The van der Waals surface area contributed by atoms with Gasteiger partial charge >= 0.3 is 11.9 Å². The quantitative estimate of drug-likeness (QED) is 0.341. The molecular weight excluding hydrogens is 236 g/mol. The summed E-state index contributed by atoms with van der Waals surface area (Å²) in [5, 5.41) is 0. The van der Waals surface area contributed by atoms with Gasteiger partial charge in [-0.3, -0.25) is 9.59 Å². The van der Waals surface area contributed by atoms with Gasteiger partial charge in [-0.25, -0.2) is 0 Å². The molecule has 104 valence electrons. The van der Waals surface area contributed by atoms with E-state index in [0.29, 0.717) is 13.0 Å². The van der Waals surface area contributed by atoms with Crippen LogP contribution < -0.4 is 0 Å². The maximum atomic E-state index is 11.3. The summed E-state index contributed by atoms with van der Waals surface area (Å²) in [6.45, 7) is 7.76. The average Bonchev–Trinajstić information content (AvgIpc) is 2.38. The number of hydrogen-bond acceptors (Lipinski definition) is 5. The highest BCUT2D eigenvalue weighted by Crippen LogP contribution is 2.02. The lowest BCUT2D eigenvalue weighted by molar-refractivity contribution is -0.154. The molecule has 0 aromatic heterocycles. The van der Waals surface area contributed by atoms with E-state index in [1.165, 1.54) is 6.26 Å². The molecule has 18 heavy (non-hydrogen) atoms. The molecule has 0 radical (unpaired) electrons. The zero-order chi connectivity index (χ0) is 13.8. The summed E-state index contributed by atoms with van der Waals surface area (Å²) in [5.74, 6) is -0.688. The Labute approximate surface area is 108 Å². The van der Waals surface area contributed by atoms with E-state index in [9.17, 15) is 9.59 Å². The molecule has 1 unspecified atom stereocenters. The first-order chi connectivity index (χ1) is 8.61. The van der Waals surface area contributed by atoms with Gasteiger partial charge in [0.1, 0.15) is 13.2 Å². The minimum absolute atomic E-state index is 0.101. The Morgan fingerprint density at radius 1 is 1.22 bits per heavy atom. The van der Waals surface area contributed by atoms with Crippen LogP contribution in [0.2, 0.25) is 0 Å². The van der Waals surface area contributed by atoms with Gasteiger partial charge in [-0.05, 0) is 12.8 Å². The first-order valence-electron chi connectivity index (χ1n) is 6.16. The molecule has 0 aromatic carbocycles. The van der Waals surface area contributed by atoms with Crippen molar-refractivity contribution in [1.29, 1.82) is 0 Å². The molecule has 0 N–H and O–H groups in total. The van der Waals surface area contributed by atoms with Crippen molar-refractivity contribution in [1.82, 2.24) is 0 Å². The molecule has 0 rings (SSSR count). The van der Waals surface area contributed by atoms with Gasteiger partial charge in [0, 0.05) is 6.42 Å². The van der Waals surface area contributed by atoms with Crippen molar-refractivity contribution in [2.24, 2.45) is 5.92 Å². The van der Waals surface area contributed by atoms with Gasteiger partial charge in [0.05, 0.1) is 18.8 Å². The Morgan fingerprint density at radius 2 is 1.89 bits per heavy atom. The molecule has 0 heterocycles. The highest BCUT2D eigenvalue weighted by atomic mass is 16.6. The third-order valence-electron chi connectivity index (χ3n) is 2.37. The van der Waals surface area contributed by atoms with E-state index in [0.717, 1.165) is 6.42 Å². The summed E-state index contributed by atoms with van der Waals surface area (Å²) >= 11 is 0. The van der Waals surface area contributed by atoms with Gasteiger partial charge in [-0.1, -0.05) is 20.4 Å². The topological polar surface area (TPSA) is 61.8 Å². The molecule has 5 heteroatoms. The minimum atomic E-state index is -0.317. The molecule has 1 atom stereocenters. The largest absolute Gasteiger partial charge is 0.502 e. The Hall–Kier alpha value is -1.52. The molecule has 0 saturated carbocycles. The third-order valence-corrected chi connectivity index (χ3v) is 2.37. The first kappa shape index (κ1) is 16.5. The summed E-state index contributed by atoms with van der Waals surface area (Å²) in [4.78, 5) is 22.5. The number of hydrogen-bond donors (Lipinski definition) is 0. The van der Waals surface area contributed by atoms with Crippen molar-refractivity contribution in [3.8, 4) is 0 Å². The fourth-order valence-corrected chi connectivity index (χ4v) is 1.06. The van der Waals surface area contributed by atoms with Crippen LogP contribution in [0.1, 0.15) is 33.1 Å². The lowest BCUT2D eigenvalue weighted by atomic mass is 10.1. The second-order valence-corrected chi connectivity index (χ2v) is 3.84. The first-order valence-corrected chi connectivity index (χ1v) is 6.16. The van der Waals surface area contributed by atoms with Crippen LogP contribution >= 0.6 is 0 Å². The molecule has 0 aliphatic rings. The van der Waals surface area contributed by atoms with Crippen LogP contribution in [0, 0.1) is 5.92 Å². The van der Waals surface area contributed by atoms with E-state index in [1.54, 1.807) is 6.92 Å². The maximum Gasteiger partial charge on any atom is 0.308 e. The fraction of sp³-hybridized carbons (Fsp3) is 0.692. The van der Waals surface area contributed by atoms with Gasteiger partial charge in [-0.2, -0.15) is 0 Å². The van der Waals surface area contributed by atoms with Crippen LogP contribution in [0.4, 0.5) is 0 Å². The van der Waals surface area contributed by atoms with Crippen molar-refractivity contribution in [2.75, 3.05) is 19.8 Å². The van der Waals surface area contributed by atoms with Crippen molar-refractivity contribution >= 4 is 11.9 Å². The van der Waals surface area contributed by atoms with E-state index in [4.69, 9.17) is 14.2 Å². The number of carbonyl (C=O) groups is 2. The summed E-state index contributed by atoms with van der Waals surface area (Å²) in [6.07, 6.45) is 2.94. The van der Waals surface area contributed by atoms with Crippen molar-refractivity contribution in [3.63, 3.8) is 0 Å². The minimum Gasteiger partial charge on any atom is -0.502 e. The molecular formula is C13H22O5. The van der Waals surface area contributed by atoms with Gasteiger partial charge in [0.25, 0.3) is 0 Å². The molecule has 0 bridgehead atoms. The number of esters is 2. The zero-order valence-corrected chi connectivity index (χ0v) is 11.1. The Balaban J connectivity index is 3.45. The molecule has 0 saturated heterocycles. The predicted molar refractivity (Wildman–Crippen MR) is 66.8 cm³/mol. The van der Waals surface area contributed by atoms with Gasteiger partial charge in [0.15, 0.2) is 0 Å². The number of rotatable bonds is 10. The summed E-state index contributed by atoms with van der Waals surface area (Å²) in [6, 6.07) is 0. The second-order valence-electron chi connectivity index (χ2n) is 3.84. The molecule has 0 aromatic rings. The molecule has 0 aliphatic carbocycles. The standard InChI is InChI=1S/C13H22O5/c1-4-11(3)13(15)18-10-9-17-12(14)7-6-8-16-5-2/h5,11H,2,4,6-10H2,1,3H3. The van der Waals surface area contributed by atoms with Crippen LogP contribution in [0.15, 0.2) is 12.8 Å². The van der Waals surface area contributed by atoms with Crippen molar-refractivity contribution in [2.45, 2.75) is 33.1 Å². The van der Waals surface area contributed by atoms with Crippen LogP contribution in [-0.4, -0.2) is 31.8 Å². The molecule has 0 amide bonds. The number of ether oxygens (including phenoxy) is 3. The molecule has 0 spiro atoms. The van der Waals surface area contributed by atoms with Crippen molar-refractivity contribution < 1.29 is 23.8 Å². The zero-order valence-electron chi connectivity index (χ0n) is 11.1. The van der Waals surface area contributed by atoms with E-state index < -0.39 is 0 Å². The van der Waals surface area contributed by atoms with E-state index in [1.807, 2.05) is 6.92 Å². The Kier molecular flexibility index (Phi) is 9.73.